The topological polar surface area (TPSA) is 15.3 Å². The highest BCUT2D eigenvalue weighted by Gasteiger charge is 2.24. The van der Waals surface area contributed by atoms with E-state index in [1.165, 1.54) is 71.0 Å². The molecule has 3 unspecified atom stereocenters. The maximum absolute atomic E-state index is 4.01. The average Bonchev–Trinajstić information content (AvgIpc) is 2.72. The molecule has 0 amide bonds. The van der Waals surface area contributed by atoms with E-state index in [1.54, 1.807) is 0 Å². The van der Waals surface area contributed by atoms with Gasteiger partial charge >= 0.3 is 0 Å². The molecule has 1 aliphatic heterocycles. The van der Waals surface area contributed by atoms with Crippen LogP contribution in [0.4, 0.5) is 0 Å². The predicted octanol–water partition coefficient (Wildman–Crippen LogP) is 3.42. The van der Waals surface area contributed by atoms with E-state index in [0.29, 0.717) is 0 Å². The fourth-order valence-electron chi connectivity index (χ4n) is 3.68. The zero-order valence-electron chi connectivity index (χ0n) is 12.5. The first-order valence-electron chi connectivity index (χ1n) is 8.28. The molecule has 0 spiro atoms. The molecule has 1 saturated heterocycles. The zero-order chi connectivity index (χ0) is 12.8. The monoisotopic (exact) mass is 252 g/mol. The highest BCUT2D eigenvalue weighted by Crippen LogP contribution is 2.24. The first-order chi connectivity index (χ1) is 8.79. The molecule has 3 atom stereocenters. The standard InChI is InChI=1S/C16H32N2/c1-3-18-12-7-9-15(11-13-18)17-16-10-6-4-5-8-14(16)2/h14-17H,3-13H2,1-2H3. The lowest BCUT2D eigenvalue weighted by Crippen LogP contribution is -2.42. The molecular formula is C16H32N2. The van der Waals surface area contributed by atoms with Crippen molar-refractivity contribution < 1.29 is 0 Å². The first-order valence-corrected chi connectivity index (χ1v) is 8.28. The van der Waals surface area contributed by atoms with E-state index < -0.39 is 0 Å². The molecule has 2 rings (SSSR count). The lowest BCUT2D eigenvalue weighted by atomic mass is 9.95. The van der Waals surface area contributed by atoms with Crippen LogP contribution in [0, 0.1) is 5.92 Å². The van der Waals surface area contributed by atoms with Gasteiger partial charge < -0.3 is 10.2 Å². The molecule has 18 heavy (non-hydrogen) atoms. The number of hydrogen-bond donors (Lipinski definition) is 1. The molecule has 1 N–H and O–H groups in total. The molecule has 106 valence electrons. The van der Waals surface area contributed by atoms with Crippen LogP contribution in [0.15, 0.2) is 0 Å². The molecule has 0 bridgehead atoms. The number of likely N-dealkylation sites (tertiary alicyclic amines) is 1. The Morgan fingerprint density at radius 1 is 0.944 bits per heavy atom. The van der Waals surface area contributed by atoms with E-state index in [0.717, 1.165) is 18.0 Å². The number of nitrogens with zero attached hydrogens (tertiary/aromatic N) is 1. The third-order valence-corrected chi connectivity index (χ3v) is 5.08. The van der Waals surface area contributed by atoms with Crippen LogP contribution in [0.1, 0.15) is 65.2 Å². The summed E-state index contributed by atoms with van der Waals surface area (Å²) in [6.45, 7) is 8.59. The van der Waals surface area contributed by atoms with Gasteiger partial charge in [-0.15, -0.1) is 0 Å². The van der Waals surface area contributed by atoms with Crippen LogP contribution in [0.5, 0.6) is 0 Å². The quantitative estimate of drug-likeness (QED) is 0.774. The van der Waals surface area contributed by atoms with Gasteiger partial charge in [0.05, 0.1) is 0 Å². The summed E-state index contributed by atoms with van der Waals surface area (Å²) in [6, 6.07) is 1.58. The van der Waals surface area contributed by atoms with Crippen LogP contribution < -0.4 is 5.32 Å². The largest absolute Gasteiger partial charge is 0.311 e. The molecule has 0 aromatic heterocycles. The van der Waals surface area contributed by atoms with Crippen molar-refractivity contribution >= 4 is 0 Å². The van der Waals surface area contributed by atoms with Gasteiger partial charge in [0.15, 0.2) is 0 Å². The van der Waals surface area contributed by atoms with Crippen LogP contribution in [-0.4, -0.2) is 36.6 Å². The summed E-state index contributed by atoms with van der Waals surface area (Å²) >= 11 is 0. The van der Waals surface area contributed by atoms with Crippen LogP contribution >= 0.6 is 0 Å². The lowest BCUT2D eigenvalue weighted by molar-refractivity contribution is 0.283. The summed E-state index contributed by atoms with van der Waals surface area (Å²) in [6.07, 6.45) is 11.3. The minimum atomic E-state index is 0.784. The molecule has 2 heteroatoms. The fraction of sp³-hybridized carbons (Fsp3) is 1.00. The van der Waals surface area contributed by atoms with Gasteiger partial charge in [0.1, 0.15) is 0 Å². The molecule has 1 aliphatic carbocycles. The van der Waals surface area contributed by atoms with Crippen molar-refractivity contribution in [1.82, 2.24) is 10.2 Å². The summed E-state index contributed by atoms with van der Waals surface area (Å²) in [4.78, 5) is 2.61. The second-order valence-corrected chi connectivity index (χ2v) is 6.45. The molecule has 0 radical (unpaired) electrons. The van der Waals surface area contributed by atoms with E-state index in [1.807, 2.05) is 0 Å². The Kier molecular flexibility index (Phi) is 5.97. The van der Waals surface area contributed by atoms with E-state index in [4.69, 9.17) is 0 Å². The number of nitrogens with one attached hydrogen (secondary N) is 1. The third kappa shape index (κ3) is 4.24. The Hall–Kier alpha value is -0.0800. The lowest BCUT2D eigenvalue weighted by Gasteiger charge is -2.28. The molecule has 2 fully saturated rings. The molecule has 0 aromatic carbocycles. The van der Waals surface area contributed by atoms with Crippen molar-refractivity contribution in [3.63, 3.8) is 0 Å². The first kappa shape index (κ1) is 14.3. The van der Waals surface area contributed by atoms with Crippen molar-refractivity contribution in [1.29, 1.82) is 0 Å². The van der Waals surface area contributed by atoms with Crippen molar-refractivity contribution in [2.75, 3.05) is 19.6 Å². The van der Waals surface area contributed by atoms with E-state index in [-0.39, 0.29) is 0 Å². The molecule has 1 saturated carbocycles. The van der Waals surface area contributed by atoms with E-state index in [9.17, 15) is 0 Å². The maximum Gasteiger partial charge on any atom is 0.00952 e. The van der Waals surface area contributed by atoms with Crippen molar-refractivity contribution in [3.8, 4) is 0 Å². The zero-order valence-corrected chi connectivity index (χ0v) is 12.5. The summed E-state index contributed by atoms with van der Waals surface area (Å²) in [5.74, 6) is 0.887. The minimum absolute atomic E-state index is 0.784. The van der Waals surface area contributed by atoms with Gasteiger partial charge in [0, 0.05) is 12.1 Å². The predicted molar refractivity (Wildman–Crippen MR) is 78.9 cm³/mol. The molecule has 2 nitrogen and oxygen atoms in total. The Bertz CT molecular complexity index is 229. The van der Waals surface area contributed by atoms with Crippen molar-refractivity contribution in [2.24, 2.45) is 5.92 Å². The second kappa shape index (κ2) is 7.49. The second-order valence-electron chi connectivity index (χ2n) is 6.45. The fourth-order valence-corrected chi connectivity index (χ4v) is 3.68. The van der Waals surface area contributed by atoms with Crippen LogP contribution in [0.25, 0.3) is 0 Å². The molecule has 0 aromatic rings. The normalized spacial score (nSPS) is 36.0. The Labute approximate surface area is 114 Å². The highest BCUT2D eigenvalue weighted by molar-refractivity contribution is 4.82. The number of hydrogen-bond acceptors (Lipinski definition) is 2. The van der Waals surface area contributed by atoms with E-state index >= 15 is 0 Å². The Morgan fingerprint density at radius 3 is 2.61 bits per heavy atom. The minimum Gasteiger partial charge on any atom is -0.311 e. The van der Waals surface area contributed by atoms with E-state index in [2.05, 4.69) is 24.1 Å². The summed E-state index contributed by atoms with van der Waals surface area (Å²) in [5.41, 5.74) is 0. The average molecular weight is 252 g/mol. The van der Waals surface area contributed by atoms with Crippen molar-refractivity contribution in [3.05, 3.63) is 0 Å². The SMILES string of the molecule is CCN1CCCC(NC2CCCCCC2C)CC1. The molecule has 1 heterocycles. The molecular weight excluding hydrogens is 220 g/mol. The summed E-state index contributed by atoms with van der Waals surface area (Å²) in [7, 11) is 0. The maximum atomic E-state index is 4.01. The molecule has 2 aliphatic rings. The highest BCUT2D eigenvalue weighted by atomic mass is 15.1. The Balaban J connectivity index is 1.80. The van der Waals surface area contributed by atoms with Gasteiger partial charge in [-0.2, -0.15) is 0 Å². The van der Waals surface area contributed by atoms with Crippen molar-refractivity contribution in [2.45, 2.75) is 77.3 Å². The van der Waals surface area contributed by atoms with Crippen LogP contribution in [-0.2, 0) is 0 Å². The third-order valence-electron chi connectivity index (χ3n) is 5.08. The Morgan fingerprint density at radius 2 is 1.78 bits per heavy atom. The van der Waals surface area contributed by atoms with Gasteiger partial charge in [-0.05, 0) is 57.7 Å². The summed E-state index contributed by atoms with van der Waals surface area (Å²) in [5, 5.41) is 4.01. The van der Waals surface area contributed by atoms with Gasteiger partial charge in [0.2, 0.25) is 0 Å². The van der Waals surface area contributed by atoms with Gasteiger partial charge in [-0.25, -0.2) is 0 Å². The van der Waals surface area contributed by atoms with Gasteiger partial charge in [-0.3, -0.25) is 0 Å². The van der Waals surface area contributed by atoms with Gasteiger partial charge in [-0.1, -0.05) is 33.1 Å². The van der Waals surface area contributed by atoms with Crippen LogP contribution in [0.2, 0.25) is 0 Å². The summed E-state index contributed by atoms with van der Waals surface area (Å²) < 4.78 is 0. The van der Waals surface area contributed by atoms with Crippen LogP contribution in [0.3, 0.4) is 0 Å². The smallest absolute Gasteiger partial charge is 0.00952 e. The number of rotatable bonds is 3. The van der Waals surface area contributed by atoms with Gasteiger partial charge in [0.25, 0.3) is 0 Å².